The molecule has 0 aliphatic rings. The molecule has 1 unspecified atom stereocenters. The minimum Gasteiger partial charge on any atom is -0.493 e. The van der Waals surface area contributed by atoms with E-state index in [1.807, 2.05) is 18.2 Å². The number of rotatable bonds is 10. The Kier molecular flexibility index (Phi) is 7.61. The number of methoxy groups -OCH3 is 2. The number of benzene rings is 1. The third-order valence-corrected chi connectivity index (χ3v) is 3.40. The summed E-state index contributed by atoms with van der Waals surface area (Å²) < 4.78 is 10.4. The number of hydrogen-bond acceptors (Lipinski definition) is 4. The molecule has 0 fully saturated rings. The fraction of sp³-hybridized carbons (Fsp3) is 0.562. The lowest BCUT2D eigenvalue weighted by Crippen LogP contribution is -2.37. The highest BCUT2D eigenvalue weighted by molar-refractivity contribution is 5.73. The molecule has 5 nitrogen and oxygen atoms in total. The van der Waals surface area contributed by atoms with Crippen molar-refractivity contribution in [3.8, 4) is 11.5 Å². The molecule has 0 spiro atoms. The molecule has 2 N–H and O–H groups in total. The smallest absolute Gasteiger partial charge is 0.320 e. The van der Waals surface area contributed by atoms with Gasteiger partial charge < -0.3 is 19.9 Å². The van der Waals surface area contributed by atoms with E-state index < -0.39 is 12.0 Å². The number of aliphatic carboxylic acids is 1. The molecule has 0 amide bonds. The summed E-state index contributed by atoms with van der Waals surface area (Å²) in [6, 6.07) is 5.28. The Morgan fingerprint density at radius 2 is 2.00 bits per heavy atom. The molecule has 21 heavy (non-hydrogen) atoms. The van der Waals surface area contributed by atoms with Crippen molar-refractivity contribution in [3.05, 3.63) is 23.8 Å². The zero-order chi connectivity index (χ0) is 15.7. The lowest BCUT2D eigenvalue weighted by Gasteiger charge is -2.14. The monoisotopic (exact) mass is 295 g/mol. The van der Waals surface area contributed by atoms with Gasteiger partial charge in [0.1, 0.15) is 6.04 Å². The number of nitrogens with one attached hydrogen (secondary N) is 1. The van der Waals surface area contributed by atoms with Gasteiger partial charge in [0.05, 0.1) is 14.2 Å². The number of unbranched alkanes of at least 4 members (excludes halogenated alkanes) is 1. The Bertz CT molecular complexity index is 448. The van der Waals surface area contributed by atoms with Crippen molar-refractivity contribution in [2.24, 2.45) is 0 Å². The highest BCUT2D eigenvalue weighted by Crippen LogP contribution is 2.27. The van der Waals surface area contributed by atoms with Crippen LogP contribution in [-0.4, -0.2) is 37.9 Å². The maximum absolute atomic E-state index is 11.1. The van der Waals surface area contributed by atoms with Crippen LogP contribution in [0.1, 0.15) is 31.7 Å². The van der Waals surface area contributed by atoms with E-state index in [-0.39, 0.29) is 0 Å². The minimum absolute atomic E-state index is 0.468. The first-order chi connectivity index (χ1) is 10.1. The van der Waals surface area contributed by atoms with Crippen LogP contribution in [0.15, 0.2) is 18.2 Å². The van der Waals surface area contributed by atoms with E-state index >= 15 is 0 Å². The first kappa shape index (κ1) is 17.3. The van der Waals surface area contributed by atoms with E-state index in [2.05, 4.69) is 12.2 Å². The predicted molar refractivity (Wildman–Crippen MR) is 82.2 cm³/mol. The molecule has 0 bridgehead atoms. The average molecular weight is 295 g/mol. The molecule has 0 radical (unpaired) electrons. The molecule has 1 aromatic carbocycles. The third-order valence-electron chi connectivity index (χ3n) is 3.40. The van der Waals surface area contributed by atoms with Crippen LogP contribution in [0.25, 0.3) is 0 Å². The second-order valence-corrected chi connectivity index (χ2v) is 4.93. The van der Waals surface area contributed by atoms with E-state index in [0.29, 0.717) is 24.5 Å². The molecule has 5 heteroatoms. The van der Waals surface area contributed by atoms with Crippen LogP contribution in [0.2, 0.25) is 0 Å². The predicted octanol–water partition coefficient (Wildman–Crippen LogP) is 2.48. The number of ether oxygens (including phenoxy) is 2. The first-order valence-electron chi connectivity index (χ1n) is 7.29. The summed E-state index contributed by atoms with van der Waals surface area (Å²) >= 11 is 0. The molecule has 1 atom stereocenters. The van der Waals surface area contributed by atoms with Gasteiger partial charge in [-0.3, -0.25) is 4.79 Å². The van der Waals surface area contributed by atoms with Crippen molar-refractivity contribution in [1.82, 2.24) is 5.32 Å². The molecule has 0 heterocycles. The molecule has 0 aromatic heterocycles. The van der Waals surface area contributed by atoms with Gasteiger partial charge in [-0.2, -0.15) is 0 Å². The van der Waals surface area contributed by atoms with Crippen molar-refractivity contribution in [1.29, 1.82) is 0 Å². The average Bonchev–Trinajstić information content (AvgIpc) is 2.50. The maximum atomic E-state index is 11.1. The van der Waals surface area contributed by atoms with Gasteiger partial charge >= 0.3 is 5.97 Å². The molecule has 1 rings (SSSR count). The summed E-state index contributed by atoms with van der Waals surface area (Å²) in [6.45, 7) is 2.68. The zero-order valence-electron chi connectivity index (χ0n) is 13.0. The lowest BCUT2D eigenvalue weighted by molar-refractivity contribution is -0.139. The second kappa shape index (κ2) is 9.23. The lowest BCUT2D eigenvalue weighted by atomic mass is 10.1. The highest BCUT2D eigenvalue weighted by Gasteiger charge is 2.15. The molecule has 0 saturated carbocycles. The molecule has 0 aliphatic carbocycles. The summed E-state index contributed by atoms with van der Waals surface area (Å²) in [5.41, 5.74) is 1.08. The normalized spacial score (nSPS) is 12.0. The minimum atomic E-state index is -0.782. The van der Waals surface area contributed by atoms with Crippen LogP contribution >= 0.6 is 0 Å². The quantitative estimate of drug-likeness (QED) is 0.694. The SMILES string of the molecule is CCCCC(NCCc1ccc(OC)c(OC)c1)C(=O)O. The van der Waals surface area contributed by atoms with E-state index in [4.69, 9.17) is 14.6 Å². The zero-order valence-corrected chi connectivity index (χ0v) is 13.0. The van der Waals surface area contributed by atoms with Gasteiger partial charge in [0.25, 0.3) is 0 Å². The summed E-state index contributed by atoms with van der Waals surface area (Å²) in [6.07, 6.45) is 3.33. The summed E-state index contributed by atoms with van der Waals surface area (Å²) in [4.78, 5) is 11.1. The molecule has 1 aromatic rings. The van der Waals surface area contributed by atoms with E-state index in [1.165, 1.54) is 0 Å². The third kappa shape index (κ3) is 5.63. The Labute approximate surface area is 126 Å². The van der Waals surface area contributed by atoms with Crippen molar-refractivity contribution in [3.63, 3.8) is 0 Å². The maximum Gasteiger partial charge on any atom is 0.320 e. The van der Waals surface area contributed by atoms with Crippen molar-refractivity contribution in [2.45, 2.75) is 38.6 Å². The van der Waals surface area contributed by atoms with Crippen molar-refractivity contribution in [2.75, 3.05) is 20.8 Å². The summed E-state index contributed by atoms with van der Waals surface area (Å²) in [5.74, 6) is 0.604. The van der Waals surface area contributed by atoms with E-state index in [9.17, 15) is 4.79 Å². The van der Waals surface area contributed by atoms with Gasteiger partial charge in [-0.15, -0.1) is 0 Å². The first-order valence-corrected chi connectivity index (χ1v) is 7.29. The Hall–Kier alpha value is -1.75. The van der Waals surface area contributed by atoms with Crippen LogP contribution in [0, 0.1) is 0 Å². The number of hydrogen-bond donors (Lipinski definition) is 2. The fourth-order valence-corrected chi connectivity index (χ4v) is 2.15. The van der Waals surface area contributed by atoms with Gasteiger partial charge in [0.15, 0.2) is 11.5 Å². The van der Waals surface area contributed by atoms with E-state index in [0.717, 1.165) is 24.8 Å². The summed E-state index contributed by atoms with van der Waals surface area (Å²) in [5, 5.41) is 12.2. The molecule has 118 valence electrons. The fourth-order valence-electron chi connectivity index (χ4n) is 2.15. The van der Waals surface area contributed by atoms with Crippen molar-refractivity contribution >= 4 is 5.97 Å². The molecular weight excluding hydrogens is 270 g/mol. The summed E-state index contributed by atoms with van der Waals surface area (Å²) in [7, 11) is 3.20. The largest absolute Gasteiger partial charge is 0.493 e. The Morgan fingerprint density at radius 1 is 1.29 bits per heavy atom. The highest BCUT2D eigenvalue weighted by atomic mass is 16.5. The van der Waals surface area contributed by atoms with Crippen LogP contribution in [-0.2, 0) is 11.2 Å². The van der Waals surface area contributed by atoms with Gasteiger partial charge in [-0.25, -0.2) is 0 Å². The molecule has 0 aliphatic heterocycles. The number of carboxylic acids is 1. The van der Waals surface area contributed by atoms with Crippen molar-refractivity contribution < 1.29 is 19.4 Å². The second-order valence-electron chi connectivity index (χ2n) is 4.93. The standard InChI is InChI=1S/C16H25NO4/c1-4-5-6-13(16(18)19)17-10-9-12-7-8-14(20-2)15(11-12)21-3/h7-8,11,13,17H,4-6,9-10H2,1-3H3,(H,18,19). The molecular formula is C16H25NO4. The van der Waals surface area contributed by atoms with Crippen LogP contribution in [0.5, 0.6) is 11.5 Å². The van der Waals surface area contributed by atoms with E-state index in [1.54, 1.807) is 14.2 Å². The van der Waals surface area contributed by atoms with Gasteiger partial charge in [0.2, 0.25) is 0 Å². The number of carbonyl (C=O) groups is 1. The topological polar surface area (TPSA) is 67.8 Å². The number of carboxylic acid groups (broad SMARTS) is 1. The van der Waals surface area contributed by atoms with Crippen LogP contribution in [0.3, 0.4) is 0 Å². The Balaban J connectivity index is 2.52. The van der Waals surface area contributed by atoms with Crippen LogP contribution < -0.4 is 14.8 Å². The van der Waals surface area contributed by atoms with Crippen LogP contribution in [0.4, 0.5) is 0 Å². The van der Waals surface area contributed by atoms with Gasteiger partial charge in [-0.1, -0.05) is 25.8 Å². The van der Waals surface area contributed by atoms with Gasteiger partial charge in [-0.05, 0) is 37.1 Å². The molecule has 0 saturated heterocycles. The van der Waals surface area contributed by atoms with Gasteiger partial charge in [0, 0.05) is 0 Å². The Morgan fingerprint density at radius 3 is 2.57 bits per heavy atom.